The largest absolute Gasteiger partial charge is 0.387 e. The number of hydrogen-bond donors (Lipinski definition) is 1. The lowest BCUT2D eigenvalue weighted by Crippen LogP contribution is -2.37. The minimum absolute atomic E-state index is 0.166. The van der Waals surface area contributed by atoms with Crippen LogP contribution in [0.4, 0.5) is 5.69 Å². The molecule has 2 rings (SSSR count). The molecule has 0 bridgehead atoms. The highest BCUT2D eigenvalue weighted by atomic mass is 16.3. The van der Waals surface area contributed by atoms with Gasteiger partial charge in [-0.2, -0.15) is 0 Å². The zero-order valence-electron chi connectivity index (χ0n) is 11.5. The number of aliphatic hydroxyl groups excluding tert-OH is 1. The SMILES string of the molecule is C[C@H](O)c1ccc(N(C)CC(=O)N2CCCC2)cn1. The van der Waals surface area contributed by atoms with E-state index in [1.165, 1.54) is 0 Å². The van der Waals surface area contributed by atoms with E-state index < -0.39 is 6.10 Å². The van der Waals surface area contributed by atoms with Gasteiger partial charge >= 0.3 is 0 Å². The van der Waals surface area contributed by atoms with Gasteiger partial charge in [-0.15, -0.1) is 0 Å². The first-order chi connectivity index (χ1) is 9.08. The standard InChI is InChI=1S/C14H21N3O2/c1-11(18)13-6-5-12(9-15-13)16(2)10-14(19)17-7-3-4-8-17/h5-6,9,11,18H,3-4,7-8,10H2,1-2H3/t11-/m0/s1. The van der Waals surface area contributed by atoms with Crippen LogP contribution in [-0.4, -0.2) is 47.6 Å². The third-order valence-corrected chi connectivity index (χ3v) is 3.47. The molecule has 1 amide bonds. The number of amides is 1. The first kappa shape index (κ1) is 13.8. The third kappa shape index (κ3) is 3.44. The number of carbonyl (C=O) groups is 1. The molecule has 19 heavy (non-hydrogen) atoms. The topological polar surface area (TPSA) is 56.7 Å². The van der Waals surface area contributed by atoms with Crippen LogP contribution in [0.3, 0.4) is 0 Å². The number of aliphatic hydroxyl groups is 1. The smallest absolute Gasteiger partial charge is 0.242 e. The van der Waals surface area contributed by atoms with Gasteiger partial charge in [0.25, 0.3) is 0 Å². The first-order valence-electron chi connectivity index (χ1n) is 6.71. The van der Waals surface area contributed by atoms with E-state index in [0.717, 1.165) is 31.6 Å². The molecule has 1 aliphatic heterocycles. The van der Waals surface area contributed by atoms with Crippen molar-refractivity contribution in [3.8, 4) is 0 Å². The molecule has 0 unspecified atom stereocenters. The van der Waals surface area contributed by atoms with Gasteiger partial charge in [0, 0.05) is 20.1 Å². The molecule has 1 N–H and O–H groups in total. The van der Waals surface area contributed by atoms with Crippen LogP contribution in [0.2, 0.25) is 0 Å². The lowest BCUT2D eigenvalue weighted by molar-refractivity contribution is -0.128. The molecule has 104 valence electrons. The van der Waals surface area contributed by atoms with E-state index in [1.807, 2.05) is 22.9 Å². The summed E-state index contributed by atoms with van der Waals surface area (Å²) in [6.45, 7) is 3.82. The number of nitrogens with zero attached hydrogens (tertiary/aromatic N) is 3. The minimum Gasteiger partial charge on any atom is -0.387 e. The van der Waals surface area contributed by atoms with Gasteiger partial charge in [0.2, 0.25) is 5.91 Å². The second kappa shape index (κ2) is 6.02. The number of hydrogen-bond acceptors (Lipinski definition) is 4. The number of likely N-dealkylation sites (N-methyl/N-ethyl adjacent to an activating group) is 1. The summed E-state index contributed by atoms with van der Waals surface area (Å²) in [6.07, 6.45) is 3.35. The van der Waals surface area contributed by atoms with Crippen LogP contribution in [0.1, 0.15) is 31.6 Å². The number of rotatable bonds is 4. The maximum absolute atomic E-state index is 12.0. The number of aromatic nitrogens is 1. The molecule has 2 heterocycles. The van der Waals surface area contributed by atoms with Crippen molar-refractivity contribution in [2.24, 2.45) is 0 Å². The van der Waals surface area contributed by atoms with Crippen LogP contribution in [-0.2, 0) is 4.79 Å². The van der Waals surface area contributed by atoms with Crippen molar-refractivity contribution >= 4 is 11.6 Å². The molecule has 0 aromatic carbocycles. The fourth-order valence-corrected chi connectivity index (χ4v) is 2.23. The molecular formula is C14H21N3O2. The molecular weight excluding hydrogens is 242 g/mol. The Hall–Kier alpha value is -1.62. The average Bonchev–Trinajstić information content (AvgIpc) is 2.92. The fraction of sp³-hybridized carbons (Fsp3) is 0.571. The Morgan fingerprint density at radius 1 is 1.47 bits per heavy atom. The van der Waals surface area contributed by atoms with E-state index in [4.69, 9.17) is 0 Å². The summed E-state index contributed by atoms with van der Waals surface area (Å²) in [5.74, 6) is 0.166. The maximum atomic E-state index is 12.0. The molecule has 5 heteroatoms. The molecule has 0 aliphatic carbocycles. The van der Waals surface area contributed by atoms with Crippen LogP contribution in [0.25, 0.3) is 0 Å². The second-order valence-corrected chi connectivity index (χ2v) is 5.06. The van der Waals surface area contributed by atoms with Crippen molar-refractivity contribution in [1.82, 2.24) is 9.88 Å². The van der Waals surface area contributed by atoms with Gasteiger partial charge in [-0.05, 0) is 31.9 Å². The Morgan fingerprint density at radius 3 is 2.68 bits per heavy atom. The highest BCUT2D eigenvalue weighted by Gasteiger charge is 2.19. The predicted molar refractivity (Wildman–Crippen MR) is 74.0 cm³/mol. The average molecular weight is 263 g/mol. The molecule has 1 aromatic rings. The molecule has 0 saturated carbocycles. The van der Waals surface area contributed by atoms with Crippen molar-refractivity contribution in [2.75, 3.05) is 31.6 Å². The first-order valence-corrected chi connectivity index (χ1v) is 6.71. The van der Waals surface area contributed by atoms with Gasteiger partial charge in [0.05, 0.1) is 30.2 Å². The van der Waals surface area contributed by atoms with E-state index in [0.29, 0.717) is 12.2 Å². The van der Waals surface area contributed by atoms with Gasteiger partial charge in [0.15, 0.2) is 0 Å². The van der Waals surface area contributed by atoms with Crippen LogP contribution < -0.4 is 4.90 Å². The van der Waals surface area contributed by atoms with Crippen molar-refractivity contribution in [1.29, 1.82) is 0 Å². The van der Waals surface area contributed by atoms with Gasteiger partial charge < -0.3 is 14.9 Å². The summed E-state index contributed by atoms with van der Waals surface area (Å²) >= 11 is 0. The third-order valence-electron chi connectivity index (χ3n) is 3.47. The Morgan fingerprint density at radius 2 is 2.16 bits per heavy atom. The zero-order chi connectivity index (χ0) is 13.8. The Labute approximate surface area is 113 Å². The second-order valence-electron chi connectivity index (χ2n) is 5.06. The van der Waals surface area contributed by atoms with Crippen molar-refractivity contribution in [3.63, 3.8) is 0 Å². The zero-order valence-corrected chi connectivity index (χ0v) is 11.5. The lowest BCUT2D eigenvalue weighted by Gasteiger charge is -2.22. The lowest BCUT2D eigenvalue weighted by atomic mass is 10.2. The summed E-state index contributed by atoms with van der Waals surface area (Å²) in [5, 5.41) is 9.41. The van der Waals surface area contributed by atoms with E-state index in [-0.39, 0.29) is 5.91 Å². The molecule has 0 spiro atoms. The highest BCUT2D eigenvalue weighted by Crippen LogP contribution is 2.16. The van der Waals surface area contributed by atoms with Crippen LogP contribution in [0.15, 0.2) is 18.3 Å². The summed E-state index contributed by atoms with van der Waals surface area (Å²) in [7, 11) is 1.88. The van der Waals surface area contributed by atoms with E-state index in [9.17, 15) is 9.90 Å². The Kier molecular flexibility index (Phi) is 4.37. The summed E-state index contributed by atoms with van der Waals surface area (Å²) in [4.78, 5) is 20.0. The van der Waals surface area contributed by atoms with E-state index in [2.05, 4.69) is 4.98 Å². The van der Waals surface area contributed by atoms with Crippen LogP contribution in [0, 0.1) is 0 Å². The van der Waals surface area contributed by atoms with Crippen LogP contribution in [0.5, 0.6) is 0 Å². The number of likely N-dealkylation sites (tertiary alicyclic amines) is 1. The molecule has 1 saturated heterocycles. The summed E-state index contributed by atoms with van der Waals surface area (Å²) < 4.78 is 0. The number of pyridine rings is 1. The summed E-state index contributed by atoms with van der Waals surface area (Å²) in [6, 6.07) is 3.67. The monoisotopic (exact) mass is 263 g/mol. The van der Waals surface area contributed by atoms with Crippen molar-refractivity contribution in [2.45, 2.75) is 25.9 Å². The normalized spacial score (nSPS) is 16.5. The Bertz CT molecular complexity index is 425. The molecule has 1 atom stereocenters. The molecule has 1 aliphatic rings. The molecule has 1 aromatic heterocycles. The fourth-order valence-electron chi connectivity index (χ4n) is 2.23. The van der Waals surface area contributed by atoms with Gasteiger partial charge in [-0.1, -0.05) is 0 Å². The Balaban J connectivity index is 1.95. The molecule has 0 radical (unpaired) electrons. The van der Waals surface area contributed by atoms with E-state index >= 15 is 0 Å². The van der Waals surface area contributed by atoms with Crippen LogP contribution >= 0.6 is 0 Å². The molecule has 1 fully saturated rings. The highest BCUT2D eigenvalue weighted by molar-refractivity contribution is 5.81. The van der Waals surface area contributed by atoms with Gasteiger partial charge in [-0.3, -0.25) is 9.78 Å². The quantitative estimate of drug-likeness (QED) is 0.886. The summed E-state index contributed by atoms with van der Waals surface area (Å²) in [5.41, 5.74) is 1.53. The predicted octanol–water partition coefficient (Wildman–Crippen LogP) is 1.19. The molecule has 5 nitrogen and oxygen atoms in total. The van der Waals surface area contributed by atoms with Crippen molar-refractivity contribution < 1.29 is 9.90 Å². The van der Waals surface area contributed by atoms with Crippen molar-refractivity contribution in [3.05, 3.63) is 24.0 Å². The maximum Gasteiger partial charge on any atom is 0.242 e. The van der Waals surface area contributed by atoms with Gasteiger partial charge in [0.1, 0.15) is 0 Å². The minimum atomic E-state index is -0.564. The van der Waals surface area contributed by atoms with E-state index in [1.54, 1.807) is 19.2 Å². The van der Waals surface area contributed by atoms with Gasteiger partial charge in [-0.25, -0.2) is 0 Å². The number of anilines is 1. The number of carbonyl (C=O) groups excluding carboxylic acids is 1.